The highest BCUT2D eigenvalue weighted by atomic mass is 16.5. The first kappa shape index (κ1) is 18.4. The van der Waals surface area contributed by atoms with Gasteiger partial charge in [0, 0.05) is 11.1 Å². The van der Waals surface area contributed by atoms with E-state index in [1.165, 1.54) is 7.11 Å². The number of hydrogen-bond acceptors (Lipinski definition) is 5. The average Bonchev–Trinajstić information content (AvgIpc) is 2.66. The van der Waals surface area contributed by atoms with Crippen molar-refractivity contribution in [3.8, 4) is 23.0 Å². The molecule has 2 rings (SSSR count). The molecule has 1 N–H and O–H groups in total. The first-order chi connectivity index (χ1) is 12.0. The van der Waals surface area contributed by atoms with Gasteiger partial charge in [-0.1, -0.05) is 0 Å². The molecule has 0 spiro atoms. The van der Waals surface area contributed by atoms with Gasteiger partial charge in [0.2, 0.25) is 0 Å². The van der Waals surface area contributed by atoms with Crippen LogP contribution in [0, 0.1) is 0 Å². The molecule has 0 saturated carbocycles. The summed E-state index contributed by atoms with van der Waals surface area (Å²) in [5, 5.41) is 2.96. The lowest BCUT2D eigenvalue weighted by Crippen LogP contribution is -2.27. The van der Waals surface area contributed by atoms with Crippen LogP contribution in [-0.4, -0.2) is 34.3 Å². The number of rotatable bonds is 7. The predicted molar refractivity (Wildman–Crippen MR) is 95.0 cm³/mol. The van der Waals surface area contributed by atoms with Crippen LogP contribution in [0.4, 0.5) is 0 Å². The zero-order valence-corrected chi connectivity index (χ0v) is 15.1. The van der Waals surface area contributed by atoms with Gasteiger partial charge in [0.25, 0.3) is 5.91 Å². The second-order valence-corrected chi connectivity index (χ2v) is 5.37. The van der Waals surface area contributed by atoms with E-state index in [-0.39, 0.29) is 11.9 Å². The van der Waals surface area contributed by atoms with E-state index in [1.807, 2.05) is 25.1 Å². The van der Waals surface area contributed by atoms with Gasteiger partial charge in [0.1, 0.15) is 11.5 Å². The number of hydrogen-bond donors (Lipinski definition) is 1. The van der Waals surface area contributed by atoms with Gasteiger partial charge in [-0.2, -0.15) is 0 Å². The van der Waals surface area contributed by atoms with Crippen molar-refractivity contribution in [1.29, 1.82) is 0 Å². The third-order valence-electron chi connectivity index (χ3n) is 3.90. The summed E-state index contributed by atoms with van der Waals surface area (Å²) >= 11 is 0. The molecule has 6 heteroatoms. The Hall–Kier alpha value is -2.89. The van der Waals surface area contributed by atoms with Gasteiger partial charge in [-0.05, 0) is 43.3 Å². The van der Waals surface area contributed by atoms with Gasteiger partial charge in [0.05, 0.1) is 34.5 Å². The maximum atomic E-state index is 12.6. The summed E-state index contributed by atoms with van der Waals surface area (Å²) < 4.78 is 21.1. The largest absolute Gasteiger partial charge is 0.497 e. The molecule has 1 unspecified atom stereocenters. The lowest BCUT2D eigenvalue weighted by molar-refractivity contribution is 0.0939. The summed E-state index contributed by atoms with van der Waals surface area (Å²) in [5.74, 6) is 2.23. The highest BCUT2D eigenvalue weighted by molar-refractivity contribution is 5.95. The molecule has 2 aromatic carbocycles. The van der Waals surface area contributed by atoms with Crippen LogP contribution in [0.2, 0.25) is 0 Å². The second kappa shape index (κ2) is 8.28. The fourth-order valence-electron chi connectivity index (χ4n) is 2.51. The van der Waals surface area contributed by atoms with Crippen LogP contribution in [0.3, 0.4) is 0 Å². The van der Waals surface area contributed by atoms with E-state index in [2.05, 4.69) is 5.32 Å². The molecule has 0 heterocycles. The van der Waals surface area contributed by atoms with Gasteiger partial charge < -0.3 is 24.3 Å². The number of carbonyl (C=O) groups excluding carboxylic acids is 1. The van der Waals surface area contributed by atoms with Crippen molar-refractivity contribution in [3.63, 3.8) is 0 Å². The first-order valence-electron chi connectivity index (χ1n) is 7.78. The summed E-state index contributed by atoms with van der Waals surface area (Å²) in [7, 11) is 6.27. The van der Waals surface area contributed by atoms with Crippen LogP contribution >= 0.6 is 0 Å². The van der Waals surface area contributed by atoms with E-state index in [0.717, 1.165) is 5.56 Å². The van der Waals surface area contributed by atoms with Crippen molar-refractivity contribution in [3.05, 3.63) is 47.5 Å². The van der Waals surface area contributed by atoms with Crippen LogP contribution in [0.25, 0.3) is 0 Å². The molecule has 6 nitrogen and oxygen atoms in total. The molecule has 0 aliphatic rings. The molecule has 0 bridgehead atoms. The molecule has 0 aliphatic carbocycles. The van der Waals surface area contributed by atoms with Crippen LogP contribution < -0.4 is 24.3 Å². The minimum Gasteiger partial charge on any atom is -0.497 e. The second-order valence-electron chi connectivity index (χ2n) is 5.37. The van der Waals surface area contributed by atoms with Gasteiger partial charge in [-0.25, -0.2) is 0 Å². The van der Waals surface area contributed by atoms with E-state index in [9.17, 15) is 4.79 Å². The fraction of sp³-hybridized carbons (Fsp3) is 0.316. The number of benzene rings is 2. The average molecular weight is 345 g/mol. The van der Waals surface area contributed by atoms with Crippen molar-refractivity contribution in [2.75, 3.05) is 28.4 Å². The molecule has 1 amide bonds. The summed E-state index contributed by atoms with van der Waals surface area (Å²) in [6, 6.07) is 10.2. The summed E-state index contributed by atoms with van der Waals surface area (Å²) in [5.41, 5.74) is 1.31. The molecular formula is C19H23NO5. The zero-order chi connectivity index (χ0) is 18.4. The molecule has 134 valence electrons. The summed E-state index contributed by atoms with van der Waals surface area (Å²) in [6.07, 6.45) is 0. The fourth-order valence-corrected chi connectivity index (χ4v) is 2.51. The van der Waals surface area contributed by atoms with Crippen molar-refractivity contribution >= 4 is 5.91 Å². The molecule has 2 aromatic rings. The van der Waals surface area contributed by atoms with Crippen molar-refractivity contribution in [2.24, 2.45) is 0 Å². The number of ether oxygens (including phenoxy) is 4. The normalized spacial score (nSPS) is 11.4. The zero-order valence-electron chi connectivity index (χ0n) is 15.1. The standard InChI is InChI=1S/C19H23NO5/c1-12(15-11-14(22-2)7-9-16(15)23-3)20-19(21)13-6-8-17(24-4)18(10-13)25-5/h6-12H,1-5H3,(H,20,21). The van der Waals surface area contributed by atoms with Crippen molar-refractivity contribution in [1.82, 2.24) is 5.32 Å². The van der Waals surface area contributed by atoms with Gasteiger partial charge >= 0.3 is 0 Å². The lowest BCUT2D eigenvalue weighted by atomic mass is 10.1. The molecule has 0 aromatic heterocycles. The van der Waals surface area contributed by atoms with Crippen LogP contribution in [0.1, 0.15) is 28.9 Å². The third-order valence-corrected chi connectivity index (χ3v) is 3.90. The Kier molecular flexibility index (Phi) is 6.11. The molecule has 0 fully saturated rings. The molecule has 1 atom stereocenters. The molecule has 0 aliphatic heterocycles. The highest BCUT2D eigenvalue weighted by Crippen LogP contribution is 2.30. The van der Waals surface area contributed by atoms with Gasteiger partial charge in [-0.15, -0.1) is 0 Å². The predicted octanol–water partition coefficient (Wildman–Crippen LogP) is 3.21. The first-order valence-corrected chi connectivity index (χ1v) is 7.78. The van der Waals surface area contributed by atoms with Crippen molar-refractivity contribution in [2.45, 2.75) is 13.0 Å². The Bertz CT molecular complexity index is 745. The number of methoxy groups -OCH3 is 4. The number of nitrogens with one attached hydrogen (secondary N) is 1. The van der Waals surface area contributed by atoms with Crippen LogP contribution in [-0.2, 0) is 0 Å². The van der Waals surface area contributed by atoms with E-state index in [4.69, 9.17) is 18.9 Å². The Morgan fingerprint density at radius 3 is 2.08 bits per heavy atom. The minimum absolute atomic E-state index is 0.224. The molecule has 25 heavy (non-hydrogen) atoms. The van der Waals surface area contributed by atoms with Crippen LogP contribution in [0.15, 0.2) is 36.4 Å². The van der Waals surface area contributed by atoms with Crippen LogP contribution in [0.5, 0.6) is 23.0 Å². The third kappa shape index (κ3) is 4.15. The van der Waals surface area contributed by atoms with Gasteiger partial charge in [0.15, 0.2) is 11.5 Å². The maximum Gasteiger partial charge on any atom is 0.251 e. The molecule has 0 saturated heterocycles. The Balaban J connectivity index is 2.23. The SMILES string of the molecule is COc1ccc(OC)c(C(C)NC(=O)c2ccc(OC)c(OC)c2)c1. The molecule has 0 radical (unpaired) electrons. The Morgan fingerprint density at radius 2 is 1.48 bits per heavy atom. The summed E-state index contributed by atoms with van der Waals surface area (Å²) in [6.45, 7) is 1.88. The van der Waals surface area contributed by atoms with Gasteiger partial charge in [-0.3, -0.25) is 4.79 Å². The monoisotopic (exact) mass is 345 g/mol. The van der Waals surface area contributed by atoms with Crippen molar-refractivity contribution < 1.29 is 23.7 Å². The number of amides is 1. The van der Waals surface area contributed by atoms with E-state index in [1.54, 1.807) is 39.5 Å². The summed E-state index contributed by atoms with van der Waals surface area (Å²) in [4.78, 5) is 12.6. The lowest BCUT2D eigenvalue weighted by Gasteiger charge is -2.18. The number of carbonyl (C=O) groups is 1. The minimum atomic E-state index is -0.273. The Morgan fingerprint density at radius 1 is 0.840 bits per heavy atom. The highest BCUT2D eigenvalue weighted by Gasteiger charge is 2.17. The maximum absolute atomic E-state index is 12.6. The van der Waals surface area contributed by atoms with E-state index in [0.29, 0.717) is 28.6 Å². The van der Waals surface area contributed by atoms with E-state index < -0.39 is 0 Å². The van der Waals surface area contributed by atoms with E-state index >= 15 is 0 Å². The Labute approximate surface area is 147 Å². The topological polar surface area (TPSA) is 66.0 Å². The quantitative estimate of drug-likeness (QED) is 0.835. The molecular weight excluding hydrogens is 322 g/mol. The smallest absolute Gasteiger partial charge is 0.251 e.